The summed E-state index contributed by atoms with van der Waals surface area (Å²) in [7, 11) is 0. The van der Waals surface area contributed by atoms with Gasteiger partial charge in [0.15, 0.2) is 6.61 Å². The van der Waals surface area contributed by atoms with Crippen molar-refractivity contribution in [3.63, 3.8) is 0 Å². The van der Waals surface area contributed by atoms with Gasteiger partial charge in [-0.25, -0.2) is 9.67 Å². The third-order valence-corrected chi connectivity index (χ3v) is 4.77. The number of furan rings is 1. The number of halogens is 3. The highest BCUT2D eigenvalue weighted by Gasteiger charge is 2.31. The highest BCUT2D eigenvalue weighted by molar-refractivity contribution is 5.95. The van der Waals surface area contributed by atoms with Gasteiger partial charge in [-0.2, -0.15) is 18.3 Å². The predicted molar refractivity (Wildman–Crippen MR) is 111 cm³/mol. The summed E-state index contributed by atoms with van der Waals surface area (Å²) in [6.45, 7) is 1.23. The number of rotatable bonds is 6. The maximum absolute atomic E-state index is 13.1. The number of anilines is 1. The molecule has 0 unspecified atom stereocenters. The number of carbonyl (C=O) groups is 2. The Morgan fingerprint density at radius 2 is 2.00 bits per heavy atom. The Hall–Kier alpha value is -4.15. The molecule has 1 N–H and O–H groups in total. The topological polar surface area (TPSA) is 99.2 Å². The fourth-order valence-corrected chi connectivity index (χ4v) is 3.21. The van der Waals surface area contributed by atoms with Gasteiger partial charge in [-0.05, 0) is 36.8 Å². The van der Waals surface area contributed by atoms with E-state index in [0.29, 0.717) is 11.1 Å². The quantitative estimate of drug-likeness (QED) is 0.438. The summed E-state index contributed by atoms with van der Waals surface area (Å²) in [6.07, 6.45) is -0.824. The molecular formula is C22H17F3N4O4. The lowest BCUT2D eigenvalue weighted by Gasteiger charge is -2.14. The predicted octanol–water partition coefficient (Wildman–Crippen LogP) is 4.07. The van der Waals surface area contributed by atoms with Crippen molar-refractivity contribution in [1.29, 1.82) is 0 Å². The van der Waals surface area contributed by atoms with Crippen LogP contribution < -0.4 is 5.32 Å². The average molecular weight is 458 g/mol. The van der Waals surface area contributed by atoms with Gasteiger partial charge in [0, 0.05) is 10.9 Å². The highest BCUT2D eigenvalue weighted by atomic mass is 19.4. The second-order valence-electron chi connectivity index (χ2n) is 7.22. The molecule has 0 aliphatic heterocycles. The van der Waals surface area contributed by atoms with Gasteiger partial charge in [0.05, 0.1) is 29.6 Å². The SMILES string of the molecule is Cc1ccc2c(CC(=O)OCC(=O)Nc3cc(C(F)(F)F)ccc3-n3cncn3)coc2c1. The number of esters is 1. The molecule has 2 heterocycles. The molecule has 0 saturated heterocycles. The minimum atomic E-state index is -4.61. The van der Waals surface area contributed by atoms with Gasteiger partial charge in [0.25, 0.3) is 5.91 Å². The molecule has 0 fully saturated rings. The summed E-state index contributed by atoms with van der Waals surface area (Å²) in [5.74, 6) is -1.49. The van der Waals surface area contributed by atoms with E-state index in [1.807, 2.05) is 25.1 Å². The van der Waals surface area contributed by atoms with Crippen LogP contribution in [0.2, 0.25) is 0 Å². The van der Waals surface area contributed by atoms with Crippen LogP contribution in [0.3, 0.4) is 0 Å². The number of hydrogen-bond acceptors (Lipinski definition) is 6. The minimum absolute atomic E-state index is 0.128. The van der Waals surface area contributed by atoms with E-state index in [2.05, 4.69) is 15.4 Å². The van der Waals surface area contributed by atoms with Crippen LogP contribution in [-0.4, -0.2) is 33.2 Å². The zero-order valence-corrected chi connectivity index (χ0v) is 17.2. The number of carbonyl (C=O) groups excluding carboxylic acids is 2. The van der Waals surface area contributed by atoms with E-state index in [9.17, 15) is 22.8 Å². The van der Waals surface area contributed by atoms with Crippen molar-refractivity contribution in [3.05, 3.63) is 72.0 Å². The van der Waals surface area contributed by atoms with Crippen LogP contribution in [0.25, 0.3) is 16.7 Å². The summed E-state index contributed by atoms with van der Waals surface area (Å²) in [5.41, 5.74) is 1.28. The number of fused-ring (bicyclic) bond motifs is 1. The molecule has 2 aromatic carbocycles. The second-order valence-corrected chi connectivity index (χ2v) is 7.22. The number of nitrogens with one attached hydrogen (secondary N) is 1. The Labute approximate surface area is 185 Å². The van der Waals surface area contributed by atoms with E-state index in [4.69, 9.17) is 9.15 Å². The van der Waals surface area contributed by atoms with Gasteiger partial charge in [0.2, 0.25) is 0 Å². The van der Waals surface area contributed by atoms with E-state index in [1.54, 1.807) is 0 Å². The molecule has 11 heteroatoms. The van der Waals surface area contributed by atoms with E-state index in [0.717, 1.165) is 29.1 Å². The Morgan fingerprint density at radius 1 is 1.18 bits per heavy atom. The van der Waals surface area contributed by atoms with E-state index in [1.165, 1.54) is 23.6 Å². The Morgan fingerprint density at radius 3 is 2.73 bits per heavy atom. The van der Waals surface area contributed by atoms with E-state index in [-0.39, 0.29) is 17.8 Å². The molecule has 0 atom stereocenters. The first kappa shape index (κ1) is 22.1. The Balaban J connectivity index is 1.43. The molecule has 4 aromatic rings. The van der Waals surface area contributed by atoms with Crippen LogP contribution >= 0.6 is 0 Å². The summed E-state index contributed by atoms with van der Waals surface area (Å²) in [4.78, 5) is 28.3. The van der Waals surface area contributed by atoms with Crippen molar-refractivity contribution in [2.24, 2.45) is 0 Å². The lowest BCUT2D eigenvalue weighted by atomic mass is 10.1. The fraction of sp³-hybridized carbons (Fsp3) is 0.182. The van der Waals surface area contributed by atoms with E-state index < -0.39 is 30.2 Å². The number of aromatic nitrogens is 3. The second kappa shape index (κ2) is 8.77. The van der Waals surface area contributed by atoms with Crippen molar-refractivity contribution < 1.29 is 31.9 Å². The lowest BCUT2D eigenvalue weighted by molar-refractivity contribution is -0.146. The Bertz CT molecular complexity index is 1310. The number of benzene rings is 2. The molecule has 8 nitrogen and oxygen atoms in total. The zero-order valence-electron chi connectivity index (χ0n) is 17.2. The molecule has 0 saturated carbocycles. The van der Waals surface area contributed by atoms with Gasteiger partial charge in [0.1, 0.15) is 18.2 Å². The van der Waals surface area contributed by atoms with Gasteiger partial charge in [-0.15, -0.1) is 0 Å². The van der Waals surface area contributed by atoms with Crippen molar-refractivity contribution >= 4 is 28.5 Å². The molecular weight excluding hydrogens is 441 g/mol. The summed E-state index contributed by atoms with van der Waals surface area (Å²) in [5, 5.41) is 6.96. The number of amides is 1. The largest absolute Gasteiger partial charge is 0.464 e. The van der Waals surface area contributed by atoms with Gasteiger partial charge >= 0.3 is 12.1 Å². The first-order chi connectivity index (χ1) is 15.7. The standard InChI is InChI=1S/C22H17F3N4O4/c1-13-2-4-16-14(9-32-19(16)6-13)7-21(31)33-10-20(30)28-17-8-15(22(23,24)25)3-5-18(17)29-12-26-11-27-29/h2-6,8-9,11-12H,7,10H2,1H3,(H,28,30). The zero-order chi connectivity index (χ0) is 23.6. The van der Waals surface area contributed by atoms with Crippen LogP contribution in [0.1, 0.15) is 16.7 Å². The number of ether oxygens (including phenoxy) is 1. The molecule has 1 amide bonds. The molecule has 0 aliphatic rings. The summed E-state index contributed by atoms with van der Waals surface area (Å²) >= 11 is 0. The minimum Gasteiger partial charge on any atom is -0.464 e. The fourth-order valence-electron chi connectivity index (χ4n) is 3.21. The van der Waals surface area contributed by atoms with Crippen LogP contribution in [0, 0.1) is 6.92 Å². The third kappa shape index (κ3) is 5.03. The molecule has 170 valence electrons. The van der Waals surface area contributed by atoms with Gasteiger partial charge < -0.3 is 14.5 Å². The maximum atomic E-state index is 13.1. The molecule has 33 heavy (non-hydrogen) atoms. The normalized spacial score (nSPS) is 11.5. The maximum Gasteiger partial charge on any atom is 0.416 e. The van der Waals surface area contributed by atoms with Gasteiger partial charge in [-0.3, -0.25) is 9.59 Å². The molecule has 0 spiro atoms. The first-order valence-electron chi connectivity index (χ1n) is 9.69. The molecule has 0 aliphatic carbocycles. The molecule has 0 bridgehead atoms. The van der Waals surface area contributed by atoms with Crippen molar-refractivity contribution in [2.75, 3.05) is 11.9 Å². The van der Waals surface area contributed by atoms with Crippen LogP contribution in [-0.2, 0) is 26.9 Å². The first-order valence-corrected chi connectivity index (χ1v) is 9.69. The molecule has 4 rings (SSSR count). The molecule has 2 aromatic heterocycles. The number of alkyl halides is 3. The van der Waals surface area contributed by atoms with Crippen molar-refractivity contribution in [3.8, 4) is 5.69 Å². The van der Waals surface area contributed by atoms with Gasteiger partial charge in [-0.1, -0.05) is 12.1 Å². The summed E-state index contributed by atoms with van der Waals surface area (Å²) < 4.78 is 51.0. The van der Waals surface area contributed by atoms with E-state index >= 15 is 0 Å². The lowest BCUT2D eigenvalue weighted by Crippen LogP contribution is -2.22. The Kier molecular flexibility index (Phi) is 5.86. The van der Waals surface area contributed by atoms with Crippen LogP contribution in [0.4, 0.5) is 18.9 Å². The van der Waals surface area contributed by atoms with Crippen LogP contribution in [0.15, 0.2) is 59.7 Å². The number of nitrogens with zero attached hydrogens (tertiary/aromatic N) is 3. The monoisotopic (exact) mass is 458 g/mol. The van der Waals surface area contributed by atoms with Crippen LogP contribution in [0.5, 0.6) is 0 Å². The third-order valence-electron chi connectivity index (χ3n) is 4.77. The van der Waals surface area contributed by atoms with Crippen molar-refractivity contribution in [2.45, 2.75) is 19.5 Å². The molecule has 0 radical (unpaired) electrons. The average Bonchev–Trinajstić information content (AvgIpc) is 3.42. The number of aryl methyl sites for hydroxylation is 1. The van der Waals surface area contributed by atoms with Crippen molar-refractivity contribution in [1.82, 2.24) is 14.8 Å². The highest BCUT2D eigenvalue weighted by Crippen LogP contribution is 2.33. The number of hydrogen-bond donors (Lipinski definition) is 1. The smallest absolute Gasteiger partial charge is 0.416 e. The summed E-state index contributed by atoms with van der Waals surface area (Å²) in [6, 6.07) is 8.33.